The molecule has 0 bridgehead atoms. The van der Waals surface area contributed by atoms with Crippen molar-refractivity contribution in [3.63, 3.8) is 0 Å². The molecule has 0 spiro atoms. The maximum atomic E-state index is 10.1. The molecule has 0 aromatic heterocycles. The number of nitrogens with one attached hydrogen (secondary N) is 1. The van der Waals surface area contributed by atoms with Gasteiger partial charge in [-0.05, 0) is 58.7 Å². The van der Waals surface area contributed by atoms with Gasteiger partial charge in [0.2, 0.25) is 0 Å². The van der Waals surface area contributed by atoms with Crippen molar-refractivity contribution in [1.29, 1.82) is 0 Å². The van der Waals surface area contributed by atoms with Crippen LogP contribution in [0, 0.1) is 11.8 Å². The molecule has 2 aliphatic rings. The average Bonchev–Trinajstić information content (AvgIpc) is 2.77. The molecule has 1 aliphatic heterocycles. The lowest BCUT2D eigenvalue weighted by Crippen LogP contribution is -2.47. The van der Waals surface area contributed by atoms with Gasteiger partial charge in [0.25, 0.3) is 0 Å². The molecule has 5 unspecified atom stereocenters. The lowest BCUT2D eigenvalue weighted by Gasteiger charge is -2.39. The number of hydrogen-bond donors (Lipinski definition) is 2. The summed E-state index contributed by atoms with van der Waals surface area (Å²) in [6, 6.07) is 1.18. The average molecular weight is 297 g/mol. The second-order valence-electron chi connectivity index (χ2n) is 7.50. The third-order valence-corrected chi connectivity index (χ3v) is 5.59. The predicted molar refractivity (Wildman–Crippen MR) is 88.5 cm³/mol. The molecule has 2 fully saturated rings. The van der Waals surface area contributed by atoms with Crippen LogP contribution in [0.4, 0.5) is 0 Å². The third kappa shape index (κ3) is 4.65. The van der Waals surface area contributed by atoms with E-state index in [4.69, 9.17) is 0 Å². The Morgan fingerprint density at radius 2 is 2.00 bits per heavy atom. The summed E-state index contributed by atoms with van der Waals surface area (Å²) in [4.78, 5) is 4.80. The van der Waals surface area contributed by atoms with E-state index in [9.17, 15) is 5.11 Å². The van der Waals surface area contributed by atoms with Gasteiger partial charge in [0.05, 0.1) is 6.10 Å². The molecule has 1 aliphatic carbocycles. The van der Waals surface area contributed by atoms with Crippen LogP contribution in [0.25, 0.3) is 0 Å². The number of hydrogen-bond acceptors (Lipinski definition) is 4. The largest absolute Gasteiger partial charge is 0.392 e. The summed E-state index contributed by atoms with van der Waals surface area (Å²) in [5.41, 5.74) is 0. The predicted octanol–water partition coefficient (Wildman–Crippen LogP) is 1.40. The SMILES string of the molecule is CCC1CCC(NC)C(CN2CC(O)CC2CN(C)C)C1. The first-order chi connectivity index (χ1) is 10.0. The van der Waals surface area contributed by atoms with Crippen molar-refractivity contribution in [2.75, 3.05) is 40.8 Å². The smallest absolute Gasteiger partial charge is 0.0682 e. The lowest BCUT2D eigenvalue weighted by atomic mass is 9.76. The van der Waals surface area contributed by atoms with Gasteiger partial charge in [0.1, 0.15) is 0 Å². The molecule has 4 nitrogen and oxygen atoms in total. The van der Waals surface area contributed by atoms with E-state index in [1.807, 2.05) is 0 Å². The summed E-state index contributed by atoms with van der Waals surface area (Å²) in [5, 5.41) is 13.6. The van der Waals surface area contributed by atoms with Crippen LogP contribution in [0.1, 0.15) is 39.0 Å². The Bertz CT molecular complexity index is 310. The van der Waals surface area contributed by atoms with Crippen molar-refractivity contribution < 1.29 is 5.11 Å². The van der Waals surface area contributed by atoms with E-state index in [0.717, 1.165) is 37.9 Å². The molecular weight excluding hydrogens is 262 g/mol. The Balaban J connectivity index is 1.96. The lowest BCUT2D eigenvalue weighted by molar-refractivity contribution is 0.115. The van der Waals surface area contributed by atoms with Gasteiger partial charge < -0.3 is 15.3 Å². The highest BCUT2D eigenvalue weighted by atomic mass is 16.3. The van der Waals surface area contributed by atoms with E-state index in [0.29, 0.717) is 12.1 Å². The highest BCUT2D eigenvalue weighted by Crippen LogP contribution is 2.33. The van der Waals surface area contributed by atoms with E-state index < -0.39 is 0 Å². The topological polar surface area (TPSA) is 38.7 Å². The molecular formula is C17H35N3O. The van der Waals surface area contributed by atoms with E-state index >= 15 is 0 Å². The molecule has 124 valence electrons. The van der Waals surface area contributed by atoms with Crippen LogP contribution in [0.3, 0.4) is 0 Å². The molecule has 0 aromatic carbocycles. The Hall–Kier alpha value is -0.160. The van der Waals surface area contributed by atoms with Gasteiger partial charge in [0.15, 0.2) is 0 Å². The molecule has 0 aromatic rings. The van der Waals surface area contributed by atoms with Crippen molar-refractivity contribution in [2.45, 2.75) is 57.2 Å². The van der Waals surface area contributed by atoms with Gasteiger partial charge in [-0.25, -0.2) is 0 Å². The molecule has 0 amide bonds. The van der Waals surface area contributed by atoms with E-state index in [-0.39, 0.29) is 6.10 Å². The molecule has 0 radical (unpaired) electrons. The Labute approximate surface area is 130 Å². The van der Waals surface area contributed by atoms with E-state index in [2.05, 4.69) is 43.2 Å². The molecule has 1 saturated heterocycles. The maximum absolute atomic E-state index is 10.1. The van der Waals surface area contributed by atoms with Gasteiger partial charge in [0, 0.05) is 31.7 Å². The summed E-state index contributed by atoms with van der Waals surface area (Å²) in [7, 11) is 6.38. The fraction of sp³-hybridized carbons (Fsp3) is 1.00. The summed E-state index contributed by atoms with van der Waals surface area (Å²) in [6.07, 6.45) is 6.16. The van der Waals surface area contributed by atoms with Crippen LogP contribution in [-0.4, -0.2) is 73.9 Å². The molecule has 2 rings (SSSR count). The normalized spacial score (nSPS) is 38.3. The molecule has 1 saturated carbocycles. The van der Waals surface area contributed by atoms with E-state index in [1.165, 1.54) is 25.7 Å². The van der Waals surface area contributed by atoms with Gasteiger partial charge in [-0.2, -0.15) is 0 Å². The van der Waals surface area contributed by atoms with Crippen LogP contribution < -0.4 is 5.32 Å². The first-order valence-corrected chi connectivity index (χ1v) is 8.77. The van der Waals surface area contributed by atoms with Crippen molar-refractivity contribution in [2.24, 2.45) is 11.8 Å². The van der Waals surface area contributed by atoms with Crippen molar-refractivity contribution in [3.8, 4) is 0 Å². The number of likely N-dealkylation sites (tertiary alicyclic amines) is 1. The Morgan fingerprint density at radius 1 is 1.24 bits per heavy atom. The number of β-amino-alcohol motifs (C(OH)–C–C–N with tert-alkyl or cyclic N) is 1. The highest BCUT2D eigenvalue weighted by Gasteiger charge is 2.36. The molecule has 5 atom stereocenters. The fourth-order valence-electron chi connectivity index (χ4n) is 4.41. The standard InChI is InChI=1S/C17H35N3O/c1-5-13-6-7-17(18-2)14(8-13)10-20-12-16(21)9-15(20)11-19(3)4/h13-18,21H,5-12H2,1-4H3. The van der Waals surface area contributed by atoms with Gasteiger partial charge in [-0.1, -0.05) is 13.3 Å². The number of likely N-dealkylation sites (N-methyl/N-ethyl adjacent to an activating group) is 1. The molecule has 21 heavy (non-hydrogen) atoms. The first-order valence-electron chi connectivity index (χ1n) is 8.77. The molecule has 1 heterocycles. The third-order valence-electron chi connectivity index (χ3n) is 5.59. The summed E-state index contributed by atoms with van der Waals surface area (Å²) in [6.45, 7) is 5.40. The number of rotatable bonds is 6. The van der Waals surface area contributed by atoms with Gasteiger partial charge in [-0.3, -0.25) is 4.90 Å². The van der Waals surface area contributed by atoms with Crippen LogP contribution in [0.15, 0.2) is 0 Å². The molecule has 4 heteroatoms. The van der Waals surface area contributed by atoms with E-state index in [1.54, 1.807) is 0 Å². The maximum Gasteiger partial charge on any atom is 0.0682 e. The minimum absolute atomic E-state index is 0.131. The summed E-state index contributed by atoms with van der Waals surface area (Å²) < 4.78 is 0. The Morgan fingerprint density at radius 3 is 2.62 bits per heavy atom. The zero-order valence-corrected chi connectivity index (χ0v) is 14.4. The van der Waals surface area contributed by atoms with Gasteiger partial charge >= 0.3 is 0 Å². The summed E-state index contributed by atoms with van der Waals surface area (Å²) in [5.74, 6) is 1.64. The zero-order chi connectivity index (χ0) is 15.4. The first kappa shape index (κ1) is 17.2. The minimum Gasteiger partial charge on any atom is -0.392 e. The van der Waals surface area contributed by atoms with Crippen LogP contribution >= 0.6 is 0 Å². The minimum atomic E-state index is -0.131. The highest BCUT2D eigenvalue weighted by molar-refractivity contribution is 4.91. The fourth-order valence-corrected chi connectivity index (χ4v) is 4.41. The van der Waals surface area contributed by atoms with Crippen LogP contribution in [0.2, 0.25) is 0 Å². The zero-order valence-electron chi connectivity index (χ0n) is 14.4. The van der Waals surface area contributed by atoms with Crippen LogP contribution in [-0.2, 0) is 0 Å². The number of aliphatic hydroxyl groups is 1. The van der Waals surface area contributed by atoms with Gasteiger partial charge in [-0.15, -0.1) is 0 Å². The molecule has 2 N–H and O–H groups in total. The Kier molecular flexibility index (Phi) is 6.48. The summed E-state index contributed by atoms with van der Waals surface area (Å²) >= 11 is 0. The van der Waals surface area contributed by atoms with Crippen LogP contribution in [0.5, 0.6) is 0 Å². The number of aliphatic hydroxyl groups excluding tert-OH is 1. The second kappa shape index (κ2) is 7.91. The van der Waals surface area contributed by atoms with Crippen molar-refractivity contribution in [3.05, 3.63) is 0 Å². The second-order valence-corrected chi connectivity index (χ2v) is 7.50. The van der Waals surface area contributed by atoms with Crippen molar-refractivity contribution >= 4 is 0 Å². The number of nitrogens with zero attached hydrogens (tertiary/aromatic N) is 2. The monoisotopic (exact) mass is 297 g/mol. The van der Waals surface area contributed by atoms with Crippen molar-refractivity contribution in [1.82, 2.24) is 15.1 Å². The quantitative estimate of drug-likeness (QED) is 0.777.